The molecule has 8 nitrogen and oxygen atoms in total. The number of fused-ring (bicyclic) bond motifs is 2. The zero-order valence-corrected chi connectivity index (χ0v) is 17.9. The number of hydrogen-bond acceptors (Lipinski definition) is 4. The van der Waals surface area contributed by atoms with Crippen LogP contribution in [0.25, 0.3) is 0 Å². The van der Waals surface area contributed by atoms with Crippen molar-refractivity contribution in [1.82, 2.24) is 25.0 Å². The fourth-order valence-electron chi connectivity index (χ4n) is 4.17. The van der Waals surface area contributed by atoms with Crippen LogP contribution in [0.4, 0.5) is 28.0 Å². The number of urea groups is 1. The molecule has 1 atom stereocenters. The number of nitrogens with zero attached hydrogens (tertiary/aromatic N) is 4. The summed E-state index contributed by atoms with van der Waals surface area (Å²) in [6.07, 6.45) is -4.65. The number of benzene rings is 2. The molecule has 0 fully saturated rings. The molecule has 2 N–H and O–H groups in total. The van der Waals surface area contributed by atoms with Crippen LogP contribution in [0.2, 0.25) is 5.02 Å². The molecule has 3 aromatic rings. The van der Waals surface area contributed by atoms with E-state index in [1.807, 2.05) is 0 Å². The molecule has 1 aromatic heterocycles. The summed E-state index contributed by atoms with van der Waals surface area (Å²) < 4.78 is 54.0. The van der Waals surface area contributed by atoms with Crippen LogP contribution in [-0.2, 0) is 19.3 Å². The van der Waals surface area contributed by atoms with Crippen LogP contribution in [0, 0.1) is 5.82 Å². The highest BCUT2D eigenvalue weighted by Gasteiger charge is 2.40. The van der Waals surface area contributed by atoms with E-state index in [9.17, 15) is 27.2 Å². The van der Waals surface area contributed by atoms with Crippen LogP contribution >= 0.6 is 11.6 Å². The molecule has 5 rings (SSSR count). The van der Waals surface area contributed by atoms with Crippen molar-refractivity contribution < 1.29 is 27.2 Å². The number of aromatic nitrogens is 3. The van der Waals surface area contributed by atoms with E-state index < -0.39 is 35.8 Å². The first kappa shape index (κ1) is 22.1. The van der Waals surface area contributed by atoms with Crippen LogP contribution < -0.4 is 10.6 Å². The zero-order chi connectivity index (χ0) is 24.2. The number of carbonyl (C=O) groups is 2. The fraction of sp³-hybridized carbons (Fsp3) is 0.238. The molecule has 176 valence electrons. The summed E-state index contributed by atoms with van der Waals surface area (Å²) in [5.74, 6) is -2.06. The summed E-state index contributed by atoms with van der Waals surface area (Å²) in [6.45, 7) is -0.315. The van der Waals surface area contributed by atoms with Gasteiger partial charge in [-0.15, -0.1) is 10.2 Å². The zero-order valence-electron chi connectivity index (χ0n) is 17.2. The fourth-order valence-corrected chi connectivity index (χ4v) is 4.40. The molecular formula is C21H15ClF4N6O2. The van der Waals surface area contributed by atoms with Crippen molar-refractivity contribution in [2.24, 2.45) is 0 Å². The van der Waals surface area contributed by atoms with Crippen molar-refractivity contribution in [3.05, 3.63) is 75.6 Å². The van der Waals surface area contributed by atoms with E-state index in [2.05, 4.69) is 20.8 Å². The molecule has 0 radical (unpaired) electrons. The maximum absolute atomic E-state index is 13.9. The Morgan fingerprint density at radius 1 is 1.18 bits per heavy atom. The number of halogens is 5. The third-order valence-electron chi connectivity index (χ3n) is 5.72. The van der Waals surface area contributed by atoms with Crippen LogP contribution in [-0.4, -0.2) is 38.1 Å². The van der Waals surface area contributed by atoms with Crippen molar-refractivity contribution in [3.8, 4) is 0 Å². The van der Waals surface area contributed by atoms with E-state index in [1.54, 1.807) is 18.2 Å². The van der Waals surface area contributed by atoms with Gasteiger partial charge in [-0.25, -0.2) is 9.18 Å². The summed E-state index contributed by atoms with van der Waals surface area (Å²) >= 11 is 6.24. The van der Waals surface area contributed by atoms with E-state index >= 15 is 0 Å². The number of anilines is 1. The molecular weight excluding hydrogens is 480 g/mol. The Bertz CT molecular complexity index is 1330. The highest BCUT2D eigenvalue weighted by atomic mass is 35.5. The minimum Gasteiger partial charge on any atom is -0.341 e. The van der Waals surface area contributed by atoms with Gasteiger partial charge in [0.2, 0.25) is 5.82 Å². The lowest BCUT2D eigenvalue weighted by molar-refractivity contribution is -0.147. The highest BCUT2D eigenvalue weighted by molar-refractivity contribution is 6.31. The quantitative estimate of drug-likeness (QED) is 0.527. The molecule has 1 unspecified atom stereocenters. The Hall–Kier alpha value is -3.67. The number of rotatable bonds is 2. The van der Waals surface area contributed by atoms with Crippen LogP contribution in [0.1, 0.15) is 39.2 Å². The third kappa shape index (κ3) is 3.73. The predicted molar refractivity (Wildman–Crippen MR) is 112 cm³/mol. The van der Waals surface area contributed by atoms with E-state index in [0.717, 1.165) is 4.57 Å². The van der Waals surface area contributed by atoms with Gasteiger partial charge in [-0.05, 0) is 30.3 Å². The smallest absolute Gasteiger partial charge is 0.341 e. The topological polar surface area (TPSA) is 92.2 Å². The number of hydrogen-bond donors (Lipinski definition) is 2. The van der Waals surface area contributed by atoms with Crippen LogP contribution in [0.3, 0.4) is 0 Å². The molecule has 0 saturated heterocycles. The molecule has 3 heterocycles. The lowest BCUT2D eigenvalue weighted by Crippen LogP contribution is -2.41. The van der Waals surface area contributed by atoms with E-state index in [0.29, 0.717) is 11.1 Å². The molecule has 0 spiro atoms. The molecule has 34 heavy (non-hydrogen) atoms. The Morgan fingerprint density at radius 2 is 1.97 bits per heavy atom. The predicted octanol–water partition coefficient (Wildman–Crippen LogP) is 3.97. The van der Waals surface area contributed by atoms with Crippen molar-refractivity contribution in [1.29, 1.82) is 0 Å². The van der Waals surface area contributed by atoms with Gasteiger partial charge < -0.3 is 20.1 Å². The highest BCUT2D eigenvalue weighted by Crippen LogP contribution is 2.39. The lowest BCUT2D eigenvalue weighted by Gasteiger charge is -2.28. The van der Waals surface area contributed by atoms with Gasteiger partial charge in [0.15, 0.2) is 5.82 Å². The Morgan fingerprint density at radius 3 is 2.74 bits per heavy atom. The standard InChI is InChI=1S/C21H15ClF4N6O2/c22-13-5-4-10(23)8-12(13)17-16-11(18(33)28-17)2-1-3-14(16)27-20(34)31-6-7-32-15(9-31)29-30-19(32)21(24,25)26/h1-5,8,17H,6-7,9H2,(H,27,34)(H,28,33). The van der Waals surface area contributed by atoms with Gasteiger partial charge in [0, 0.05) is 40.5 Å². The summed E-state index contributed by atoms with van der Waals surface area (Å²) in [5, 5.41) is 12.5. The second kappa shape index (κ2) is 7.97. The summed E-state index contributed by atoms with van der Waals surface area (Å²) in [7, 11) is 0. The number of alkyl halides is 3. The Kier molecular flexibility index (Phi) is 5.19. The average Bonchev–Trinajstić information content (AvgIpc) is 3.37. The summed E-state index contributed by atoms with van der Waals surface area (Å²) in [5.41, 5.74) is 1.31. The van der Waals surface area contributed by atoms with Gasteiger partial charge in [-0.1, -0.05) is 17.7 Å². The number of carbonyl (C=O) groups excluding carboxylic acids is 2. The molecule has 2 aliphatic heterocycles. The lowest BCUT2D eigenvalue weighted by atomic mass is 9.96. The van der Waals surface area contributed by atoms with Gasteiger partial charge in [-0.3, -0.25) is 4.79 Å². The molecule has 13 heteroatoms. The monoisotopic (exact) mass is 494 g/mol. The molecule has 3 amide bonds. The third-order valence-corrected chi connectivity index (χ3v) is 6.06. The molecule has 2 aliphatic rings. The van der Waals surface area contributed by atoms with Gasteiger partial charge in [0.25, 0.3) is 5.91 Å². The maximum Gasteiger partial charge on any atom is 0.451 e. The van der Waals surface area contributed by atoms with E-state index in [-0.39, 0.29) is 41.7 Å². The van der Waals surface area contributed by atoms with Gasteiger partial charge >= 0.3 is 12.2 Å². The van der Waals surface area contributed by atoms with E-state index in [4.69, 9.17) is 11.6 Å². The second-order valence-corrected chi connectivity index (χ2v) is 8.19. The van der Waals surface area contributed by atoms with Crippen LogP contribution in [0.15, 0.2) is 36.4 Å². The molecule has 0 bridgehead atoms. The SMILES string of the molecule is O=C1NC(c2cc(F)ccc2Cl)c2c(NC(=O)N3CCn4c(nnc4C(F)(F)F)C3)cccc21. The molecule has 0 aliphatic carbocycles. The summed E-state index contributed by atoms with van der Waals surface area (Å²) in [4.78, 5) is 26.8. The molecule has 2 aromatic carbocycles. The maximum atomic E-state index is 13.9. The molecule has 0 saturated carbocycles. The minimum atomic E-state index is -4.65. The van der Waals surface area contributed by atoms with Crippen molar-refractivity contribution in [3.63, 3.8) is 0 Å². The van der Waals surface area contributed by atoms with E-state index in [1.165, 1.54) is 23.1 Å². The first-order chi connectivity index (χ1) is 16.1. The second-order valence-electron chi connectivity index (χ2n) is 7.78. The summed E-state index contributed by atoms with van der Waals surface area (Å²) in [6, 6.07) is 7.08. The van der Waals surface area contributed by atoms with Crippen molar-refractivity contribution in [2.75, 3.05) is 11.9 Å². The number of nitrogens with one attached hydrogen (secondary N) is 2. The van der Waals surface area contributed by atoms with Crippen molar-refractivity contribution >= 4 is 29.2 Å². The van der Waals surface area contributed by atoms with Gasteiger partial charge in [-0.2, -0.15) is 13.2 Å². The van der Waals surface area contributed by atoms with Crippen LogP contribution in [0.5, 0.6) is 0 Å². The first-order valence-corrected chi connectivity index (χ1v) is 10.4. The first-order valence-electron chi connectivity index (χ1n) is 10.1. The number of amides is 3. The van der Waals surface area contributed by atoms with Gasteiger partial charge in [0.05, 0.1) is 12.6 Å². The van der Waals surface area contributed by atoms with Crippen molar-refractivity contribution in [2.45, 2.75) is 25.3 Å². The normalized spacial score (nSPS) is 17.3. The average molecular weight is 495 g/mol. The van der Waals surface area contributed by atoms with Gasteiger partial charge in [0.1, 0.15) is 5.82 Å². The Labute approximate surface area is 194 Å². The largest absolute Gasteiger partial charge is 0.451 e. The minimum absolute atomic E-state index is 0.00767. The Balaban J connectivity index is 1.42.